The highest BCUT2D eigenvalue weighted by Gasteiger charge is 2.40. The summed E-state index contributed by atoms with van der Waals surface area (Å²) in [5, 5.41) is 11.9. The Labute approximate surface area is 157 Å². The maximum Gasteiger partial charge on any atom is 0.270 e. The first-order valence-electron chi connectivity index (χ1n) is 8.93. The van der Waals surface area contributed by atoms with Gasteiger partial charge in [0.1, 0.15) is 11.3 Å². The van der Waals surface area contributed by atoms with Crippen LogP contribution in [0, 0.1) is 0 Å². The summed E-state index contributed by atoms with van der Waals surface area (Å²) in [4.78, 5) is 20.2. The van der Waals surface area contributed by atoms with Gasteiger partial charge in [-0.05, 0) is 23.3 Å². The molecular formula is C23H20N2O2. The minimum Gasteiger partial charge on any atom is -0.380 e. The Kier molecular flexibility index (Phi) is 4.34. The summed E-state index contributed by atoms with van der Waals surface area (Å²) < 4.78 is 0. The van der Waals surface area contributed by atoms with Crippen LogP contribution in [0.2, 0.25) is 0 Å². The summed E-state index contributed by atoms with van der Waals surface area (Å²) in [6, 6.07) is 26.2. The fourth-order valence-corrected chi connectivity index (χ4v) is 3.59. The summed E-state index contributed by atoms with van der Waals surface area (Å²) in [5.74, 6) is -0.560. The Hall–Kier alpha value is -3.24. The van der Waals surface area contributed by atoms with Crippen molar-refractivity contribution in [3.05, 3.63) is 112 Å². The molecule has 0 amide bonds. The number of fused-ring (bicyclic) bond motifs is 1. The maximum absolute atomic E-state index is 12.8. The lowest BCUT2D eigenvalue weighted by Gasteiger charge is -2.34. The highest BCUT2D eigenvalue weighted by atomic mass is 16.3. The standard InChI is InChI=1S/C23H20N2O2/c1-16(21-22(26)25-20-15-9-8-14-19(20)24-21)23(27,17-10-4-2-5-11-17)18-12-6-3-7-13-18/h2-16,27H,1H3,(H,25,26). The van der Waals surface area contributed by atoms with Crippen LogP contribution in [0.3, 0.4) is 0 Å². The molecule has 27 heavy (non-hydrogen) atoms. The second-order valence-electron chi connectivity index (χ2n) is 6.69. The average molecular weight is 356 g/mol. The molecule has 0 fully saturated rings. The van der Waals surface area contributed by atoms with E-state index >= 15 is 0 Å². The van der Waals surface area contributed by atoms with Crippen LogP contribution in [0.4, 0.5) is 0 Å². The topological polar surface area (TPSA) is 66.0 Å². The van der Waals surface area contributed by atoms with E-state index in [-0.39, 0.29) is 5.56 Å². The number of para-hydroxylation sites is 2. The van der Waals surface area contributed by atoms with E-state index in [9.17, 15) is 9.90 Å². The predicted octanol–water partition coefficient (Wildman–Crippen LogP) is 3.96. The predicted molar refractivity (Wildman–Crippen MR) is 107 cm³/mol. The number of hydrogen-bond donors (Lipinski definition) is 2. The van der Waals surface area contributed by atoms with Crippen LogP contribution in [0.15, 0.2) is 89.7 Å². The molecule has 1 atom stereocenters. The third kappa shape index (κ3) is 2.94. The highest BCUT2D eigenvalue weighted by Crippen LogP contribution is 2.40. The molecule has 0 saturated carbocycles. The zero-order valence-corrected chi connectivity index (χ0v) is 15.0. The quantitative estimate of drug-likeness (QED) is 0.582. The molecule has 1 unspecified atom stereocenters. The number of aromatic amines is 1. The van der Waals surface area contributed by atoms with Crippen LogP contribution in [0.25, 0.3) is 11.0 Å². The Balaban J connectivity index is 1.94. The van der Waals surface area contributed by atoms with Gasteiger partial charge in [-0.3, -0.25) is 4.79 Å². The van der Waals surface area contributed by atoms with E-state index < -0.39 is 11.5 Å². The summed E-state index contributed by atoms with van der Waals surface area (Å²) >= 11 is 0. The van der Waals surface area contributed by atoms with E-state index in [1.807, 2.05) is 91.9 Å². The molecule has 1 aromatic heterocycles. The highest BCUT2D eigenvalue weighted by molar-refractivity contribution is 5.73. The summed E-state index contributed by atoms with van der Waals surface area (Å²) in [6.45, 7) is 1.84. The van der Waals surface area contributed by atoms with Crippen molar-refractivity contribution in [3.63, 3.8) is 0 Å². The van der Waals surface area contributed by atoms with Crippen molar-refractivity contribution in [2.24, 2.45) is 0 Å². The van der Waals surface area contributed by atoms with Crippen LogP contribution in [-0.4, -0.2) is 15.1 Å². The third-order valence-electron chi connectivity index (χ3n) is 5.09. The van der Waals surface area contributed by atoms with Crippen LogP contribution in [0.5, 0.6) is 0 Å². The zero-order valence-electron chi connectivity index (χ0n) is 15.0. The van der Waals surface area contributed by atoms with E-state index in [0.29, 0.717) is 16.7 Å². The first-order valence-corrected chi connectivity index (χ1v) is 8.93. The van der Waals surface area contributed by atoms with Gasteiger partial charge in [0.05, 0.1) is 11.0 Å². The van der Waals surface area contributed by atoms with Gasteiger partial charge >= 0.3 is 0 Å². The largest absolute Gasteiger partial charge is 0.380 e. The number of nitrogens with one attached hydrogen (secondary N) is 1. The minimum atomic E-state index is -1.38. The number of hydrogen-bond acceptors (Lipinski definition) is 3. The van der Waals surface area contributed by atoms with Crippen molar-refractivity contribution >= 4 is 11.0 Å². The second kappa shape index (κ2) is 6.82. The first kappa shape index (κ1) is 17.2. The Morgan fingerprint density at radius 1 is 0.852 bits per heavy atom. The molecule has 2 N–H and O–H groups in total. The maximum atomic E-state index is 12.8. The van der Waals surface area contributed by atoms with E-state index in [4.69, 9.17) is 0 Å². The van der Waals surface area contributed by atoms with Crippen molar-refractivity contribution in [1.82, 2.24) is 9.97 Å². The van der Waals surface area contributed by atoms with Crippen molar-refractivity contribution in [2.45, 2.75) is 18.4 Å². The zero-order chi connectivity index (χ0) is 18.9. The van der Waals surface area contributed by atoms with Crippen molar-refractivity contribution in [2.75, 3.05) is 0 Å². The molecule has 0 aliphatic carbocycles. The fraction of sp³-hybridized carbons (Fsp3) is 0.130. The summed E-state index contributed by atoms with van der Waals surface area (Å²) in [7, 11) is 0. The van der Waals surface area contributed by atoms with Crippen LogP contribution in [0.1, 0.15) is 29.7 Å². The molecule has 4 nitrogen and oxygen atoms in total. The van der Waals surface area contributed by atoms with Gasteiger partial charge in [0.25, 0.3) is 5.56 Å². The van der Waals surface area contributed by atoms with E-state index in [0.717, 1.165) is 11.1 Å². The van der Waals surface area contributed by atoms with Crippen LogP contribution >= 0.6 is 0 Å². The molecule has 0 aliphatic rings. The van der Waals surface area contributed by atoms with Gasteiger partial charge in [0.15, 0.2) is 0 Å². The lowest BCUT2D eigenvalue weighted by atomic mass is 9.75. The molecule has 0 spiro atoms. The molecule has 0 bridgehead atoms. The number of rotatable bonds is 4. The third-order valence-corrected chi connectivity index (χ3v) is 5.09. The number of benzene rings is 3. The molecule has 4 heteroatoms. The lowest BCUT2D eigenvalue weighted by Crippen LogP contribution is -2.37. The normalized spacial score (nSPS) is 12.8. The molecule has 3 aromatic carbocycles. The minimum absolute atomic E-state index is 0.286. The van der Waals surface area contributed by atoms with Crippen molar-refractivity contribution in [1.29, 1.82) is 0 Å². The van der Waals surface area contributed by atoms with Gasteiger partial charge in [0, 0.05) is 5.92 Å². The molecule has 4 aromatic rings. The van der Waals surface area contributed by atoms with Crippen LogP contribution < -0.4 is 5.56 Å². The fourth-order valence-electron chi connectivity index (χ4n) is 3.59. The van der Waals surface area contributed by atoms with E-state index in [1.54, 1.807) is 0 Å². The lowest BCUT2D eigenvalue weighted by molar-refractivity contribution is 0.0537. The van der Waals surface area contributed by atoms with E-state index in [1.165, 1.54) is 0 Å². The molecule has 0 radical (unpaired) electrons. The average Bonchev–Trinajstić information content (AvgIpc) is 2.73. The Morgan fingerprint density at radius 2 is 1.37 bits per heavy atom. The monoisotopic (exact) mass is 356 g/mol. The van der Waals surface area contributed by atoms with Gasteiger partial charge in [0.2, 0.25) is 0 Å². The van der Waals surface area contributed by atoms with E-state index in [2.05, 4.69) is 9.97 Å². The molecular weight excluding hydrogens is 336 g/mol. The molecule has 134 valence electrons. The summed E-state index contributed by atoms with van der Waals surface area (Å²) in [6.07, 6.45) is 0. The molecule has 0 saturated heterocycles. The number of nitrogens with zero attached hydrogens (tertiary/aromatic N) is 1. The smallest absolute Gasteiger partial charge is 0.270 e. The Bertz CT molecular complexity index is 1080. The van der Waals surface area contributed by atoms with Crippen molar-refractivity contribution < 1.29 is 5.11 Å². The van der Waals surface area contributed by atoms with Gasteiger partial charge in [-0.15, -0.1) is 0 Å². The van der Waals surface area contributed by atoms with Gasteiger partial charge in [-0.25, -0.2) is 4.98 Å². The second-order valence-corrected chi connectivity index (χ2v) is 6.69. The van der Waals surface area contributed by atoms with Gasteiger partial charge in [-0.2, -0.15) is 0 Å². The molecule has 4 rings (SSSR count). The Morgan fingerprint density at radius 3 is 1.96 bits per heavy atom. The summed E-state index contributed by atoms with van der Waals surface area (Å²) in [5.41, 5.74) is 1.46. The van der Waals surface area contributed by atoms with Gasteiger partial charge < -0.3 is 10.1 Å². The SMILES string of the molecule is CC(c1nc2ccccc2[nH]c1=O)C(O)(c1ccccc1)c1ccccc1. The van der Waals surface area contributed by atoms with Gasteiger partial charge in [-0.1, -0.05) is 79.7 Å². The number of aliphatic hydroxyl groups is 1. The first-order chi connectivity index (χ1) is 13.1. The van der Waals surface area contributed by atoms with Crippen LogP contribution in [-0.2, 0) is 5.60 Å². The number of H-pyrrole nitrogens is 1. The molecule has 0 aliphatic heterocycles. The number of aromatic nitrogens is 2. The van der Waals surface area contributed by atoms with Crippen molar-refractivity contribution in [3.8, 4) is 0 Å². The molecule has 1 heterocycles.